The molecular weight excluding hydrogens is 248 g/mol. The van der Waals surface area contributed by atoms with Crippen LogP contribution in [0, 0.1) is 0 Å². The Morgan fingerprint density at radius 3 is 2.25 bits per heavy atom. The van der Waals surface area contributed by atoms with E-state index in [0.717, 1.165) is 26.2 Å². The van der Waals surface area contributed by atoms with Gasteiger partial charge in [0.25, 0.3) is 0 Å². The summed E-state index contributed by atoms with van der Waals surface area (Å²) in [5.41, 5.74) is 2.63. The van der Waals surface area contributed by atoms with Crippen molar-refractivity contribution in [3.63, 3.8) is 0 Å². The molecule has 0 aliphatic heterocycles. The molecule has 3 heteroatoms. The van der Waals surface area contributed by atoms with Gasteiger partial charge in [-0.2, -0.15) is 0 Å². The molecule has 0 saturated heterocycles. The second-order valence-electron chi connectivity index (χ2n) is 5.39. The van der Waals surface area contributed by atoms with Gasteiger partial charge in [0.2, 0.25) is 5.91 Å². The second kappa shape index (κ2) is 8.75. The maximum Gasteiger partial charge on any atom is 0.223 e. The fourth-order valence-electron chi connectivity index (χ4n) is 2.18. The average Bonchev–Trinajstić information content (AvgIpc) is 2.45. The summed E-state index contributed by atoms with van der Waals surface area (Å²) < 4.78 is 0. The molecule has 20 heavy (non-hydrogen) atoms. The third-order valence-electron chi connectivity index (χ3n) is 3.61. The van der Waals surface area contributed by atoms with E-state index in [4.69, 9.17) is 0 Å². The van der Waals surface area contributed by atoms with Crippen LogP contribution in [0.25, 0.3) is 0 Å². The molecule has 0 heterocycles. The van der Waals surface area contributed by atoms with Crippen molar-refractivity contribution >= 4 is 5.91 Å². The molecule has 1 amide bonds. The summed E-state index contributed by atoms with van der Waals surface area (Å²) in [6.07, 6.45) is 0.575. The largest absolute Gasteiger partial charge is 0.343 e. The molecule has 3 nitrogen and oxygen atoms in total. The Balaban J connectivity index is 2.29. The maximum absolute atomic E-state index is 11.8. The van der Waals surface area contributed by atoms with Crippen LogP contribution in [0.2, 0.25) is 0 Å². The maximum atomic E-state index is 11.8. The first-order valence-electron chi connectivity index (χ1n) is 7.65. The third-order valence-corrected chi connectivity index (χ3v) is 3.61. The van der Waals surface area contributed by atoms with Gasteiger partial charge in [0.15, 0.2) is 0 Å². The standard InChI is InChI=1S/C17H28N2O/c1-5-19(6-2)17(20)11-12-18-13-15-7-9-16(10-8-15)14(3)4/h7-10,14,18H,5-6,11-13H2,1-4H3. The van der Waals surface area contributed by atoms with Gasteiger partial charge in [-0.25, -0.2) is 0 Å². The van der Waals surface area contributed by atoms with Crippen LogP contribution in [-0.4, -0.2) is 30.4 Å². The average molecular weight is 276 g/mol. The van der Waals surface area contributed by atoms with Gasteiger partial charge in [-0.3, -0.25) is 4.79 Å². The van der Waals surface area contributed by atoms with Gasteiger partial charge in [-0.1, -0.05) is 38.1 Å². The van der Waals surface area contributed by atoms with Crippen molar-refractivity contribution in [3.05, 3.63) is 35.4 Å². The van der Waals surface area contributed by atoms with Crippen LogP contribution in [0.3, 0.4) is 0 Å². The van der Waals surface area contributed by atoms with E-state index in [1.807, 2.05) is 18.7 Å². The van der Waals surface area contributed by atoms with Crippen molar-refractivity contribution in [2.45, 2.75) is 46.6 Å². The monoisotopic (exact) mass is 276 g/mol. The molecule has 1 aromatic carbocycles. The Labute approximate surface area is 123 Å². The van der Waals surface area contributed by atoms with Crippen LogP contribution in [0.15, 0.2) is 24.3 Å². The van der Waals surface area contributed by atoms with Crippen molar-refractivity contribution in [1.82, 2.24) is 10.2 Å². The Bertz CT molecular complexity index is 394. The summed E-state index contributed by atoms with van der Waals surface area (Å²) in [5.74, 6) is 0.807. The number of rotatable bonds is 8. The minimum absolute atomic E-state index is 0.234. The number of nitrogens with one attached hydrogen (secondary N) is 1. The molecule has 0 radical (unpaired) electrons. The van der Waals surface area contributed by atoms with Crippen molar-refractivity contribution in [2.24, 2.45) is 0 Å². The Morgan fingerprint density at radius 2 is 1.75 bits per heavy atom. The minimum Gasteiger partial charge on any atom is -0.343 e. The summed E-state index contributed by atoms with van der Waals surface area (Å²) in [4.78, 5) is 13.7. The summed E-state index contributed by atoms with van der Waals surface area (Å²) in [5, 5.41) is 3.34. The summed E-state index contributed by atoms with van der Waals surface area (Å²) in [6.45, 7) is 11.6. The topological polar surface area (TPSA) is 32.3 Å². The van der Waals surface area contributed by atoms with Gasteiger partial charge in [0, 0.05) is 32.6 Å². The lowest BCUT2D eigenvalue weighted by Gasteiger charge is -2.18. The van der Waals surface area contributed by atoms with E-state index in [-0.39, 0.29) is 5.91 Å². The smallest absolute Gasteiger partial charge is 0.223 e. The minimum atomic E-state index is 0.234. The zero-order valence-electron chi connectivity index (χ0n) is 13.3. The number of carbonyl (C=O) groups is 1. The molecule has 0 bridgehead atoms. The van der Waals surface area contributed by atoms with Gasteiger partial charge in [0.05, 0.1) is 0 Å². The molecule has 0 aromatic heterocycles. The highest BCUT2D eigenvalue weighted by Gasteiger charge is 2.08. The molecule has 112 valence electrons. The van der Waals surface area contributed by atoms with E-state index < -0.39 is 0 Å². The van der Waals surface area contributed by atoms with Gasteiger partial charge in [-0.05, 0) is 30.9 Å². The lowest BCUT2D eigenvalue weighted by Crippen LogP contribution is -2.32. The second-order valence-corrected chi connectivity index (χ2v) is 5.39. The first kappa shape index (κ1) is 16.7. The number of benzene rings is 1. The zero-order chi connectivity index (χ0) is 15.0. The lowest BCUT2D eigenvalue weighted by atomic mass is 10.0. The first-order valence-corrected chi connectivity index (χ1v) is 7.65. The summed E-state index contributed by atoms with van der Waals surface area (Å²) in [7, 11) is 0. The summed E-state index contributed by atoms with van der Waals surface area (Å²) >= 11 is 0. The van der Waals surface area contributed by atoms with E-state index in [1.54, 1.807) is 0 Å². The van der Waals surface area contributed by atoms with E-state index in [9.17, 15) is 4.79 Å². The molecule has 0 saturated carbocycles. The highest BCUT2D eigenvalue weighted by molar-refractivity contribution is 5.76. The number of hydrogen-bond donors (Lipinski definition) is 1. The Kier molecular flexibility index (Phi) is 7.31. The molecule has 1 rings (SSSR count). The number of hydrogen-bond acceptors (Lipinski definition) is 2. The van der Waals surface area contributed by atoms with Gasteiger partial charge < -0.3 is 10.2 Å². The highest BCUT2D eigenvalue weighted by Crippen LogP contribution is 2.14. The van der Waals surface area contributed by atoms with Gasteiger partial charge >= 0.3 is 0 Å². The molecule has 0 spiro atoms. The van der Waals surface area contributed by atoms with Crippen LogP contribution in [0.5, 0.6) is 0 Å². The van der Waals surface area contributed by atoms with Crippen LogP contribution < -0.4 is 5.32 Å². The van der Waals surface area contributed by atoms with Gasteiger partial charge in [-0.15, -0.1) is 0 Å². The SMILES string of the molecule is CCN(CC)C(=O)CCNCc1ccc(C(C)C)cc1. The van der Waals surface area contributed by atoms with Crippen molar-refractivity contribution in [1.29, 1.82) is 0 Å². The Morgan fingerprint density at radius 1 is 1.15 bits per heavy atom. The molecular formula is C17H28N2O. The highest BCUT2D eigenvalue weighted by atomic mass is 16.2. The fourth-order valence-corrected chi connectivity index (χ4v) is 2.18. The van der Waals surface area contributed by atoms with Crippen molar-refractivity contribution in [3.8, 4) is 0 Å². The molecule has 1 N–H and O–H groups in total. The van der Waals surface area contributed by atoms with E-state index in [1.165, 1.54) is 11.1 Å². The third kappa shape index (κ3) is 5.33. The first-order chi connectivity index (χ1) is 9.58. The van der Waals surface area contributed by atoms with E-state index >= 15 is 0 Å². The van der Waals surface area contributed by atoms with Crippen molar-refractivity contribution < 1.29 is 4.79 Å². The normalized spacial score (nSPS) is 10.8. The zero-order valence-corrected chi connectivity index (χ0v) is 13.3. The van der Waals surface area contributed by atoms with E-state index in [2.05, 4.69) is 43.4 Å². The van der Waals surface area contributed by atoms with Crippen molar-refractivity contribution in [2.75, 3.05) is 19.6 Å². The van der Waals surface area contributed by atoms with Gasteiger partial charge in [0.1, 0.15) is 0 Å². The number of nitrogens with zero attached hydrogens (tertiary/aromatic N) is 1. The molecule has 0 fully saturated rings. The van der Waals surface area contributed by atoms with Crippen LogP contribution >= 0.6 is 0 Å². The fraction of sp³-hybridized carbons (Fsp3) is 0.588. The molecule has 0 unspecified atom stereocenters. The number of carbonyl (C=O) groups excluding carboxylic acids is 1. The predicted octanol–water partition coefficient (Wildman–Crippen LogP) is 3.16. The lowest BCUT2D eigenvalue weighted by molar-refractivity contribution is -0.130. The number of amides is 1. The van der Waals surface area contributed by atoms with E-state index in [0.29, 0.717) is 12.3 Å². The Hall–Kier alpha value is -1.35. The van der Waals surface area contributed by atoms with Crippen LogP contribution in [0.1, 0.15) is 51.2 Å². The predicted molar refractivity (Wildman–Crippen MR) is 84.8 cm³/mol. The molecule has 0 aliphatic rings. The van der Waals surface area contributed by atoms with Crippen LogP contribution in [-0.2, 0) is 11.3 Å². The quantitative estimate of drug-likeness (QED) is 0.740. The molecule has 1 aromatic rings. The molecule has 0 aliphatic carbocycles. The molecule has 0 atom stereocenters. The summed E-state index contributed by atoms with van der Waals surface area (Å²) in [6, 6.07) is 8.69. The van der Waals surface area contributed by atoms with Crippen LogP contribution in [0.4, 0.5) is 0 Å².